The number of pyridine rings is 1. The van der Waals surface area contributed by atoms with Crippen molar-refractivity contribution in [2.24, 2.45) is 0 Å². The van der Waals surface area contributed by atoms with Gasteiger partial charge in [-0.05, 0) is 88.6 Å². The Balaban J connectivity index is 1.59. The molecule has 54 heavy (non-hydrogen) atoms. The van der Waals surface area contributed by atoms with E-state index >= 15 is 0 Å². The molecule has 1 heterocycles. The maximum Gasteiger partial charge on any atom is 0.329 e. The molecule has 0 aliphatic heterocycles. The second-order valence-corrected chi connectivity index (χ2v) is 14.4. The number of hydrogen-bond acceptors (Lipinski definition) is 8. The van der Waals surface area contributed by atoms with E-state index in [0.717, 1.165) is 27.6 Å². The second-order valence-electron chi connectivity index (χ2n) is 13.9. The molecule has 3 aromatic carbocycles. The summed E-state index contributed by atoms with van der Waals surface area (Å²) in [6, 6.07) is 22.3. The highest BCUT2D eigenvalue weighted by Crippen LogP contribution is 2.24. The number of carbonyl (C=O) groups excluding carboxylic acids is 3. The summed E-state index contributed by atoms with van der Waals surface area (Å²) in [5.41, 5.74) is 5.55. The Kier molecular flexibility index (Phi) is 15.6. The number of carbonyl (C=O) groups is 3. The van der Waals surface area contributed by atoms with Crippen molar-refractivity contribution in [1.29, 1.82) is 0 Å². The van der Waals surface area contributed by atoms with Crippen LogP contribution in [0.3, 0.4) is 0 Å². The Labute approximate surface area is 323 Å². The molecular weight excluding hydrogens is 708 g/mol. The van der Waals surface area contributed by atoms with Crippen molar-refractivity contribution in [3.63, 3.8) is 0 Å². The Morgan fingerprint density at radius 1 is 0.889 bits per heavy atom. The maximum absolute atomic E-state index is 14.9. The van der Waals surface area contributed by atoms with E-state index in [1.807, 2.05) is 108 Å². The molecule has 4 rings (SSSR count). The smallest absolute Gasteiger partial charge is 0.329 e. The Hall–Kier alpha value is -4.75. The maximum atomic E-state index is 14.9. The largest absolute Gasteiger partial charge is 0.488 e. The Morgan fingerprint density at radius 3 is 2.19 bits per heavy atom. The van der Waals surface area contributed by atoms with Crippen LogP contribution >= 0.6 is 11.6 Å². The molecule has 0 unspecified atom stereocenters. The fraction of sp³-hybridized carbons (Fsp3) is 0.415. The van der Waals surface area contributed by atoms with Gasteiger partial charge in [0.1, 0.15) is 17.4 Å². The number of likely N-dealkylation sites (N-methyl/N-ethyl adjacent to an activating group) is 1. The summed E-state index contributed by atoms with van der Waals surface area (Å²) in [7, 11) is 1.57. The van der Waals surface area contributed by atoms with Gasteiger partial charge in [0.15, 0.2) is 6.29 Å². The highest BCUT2D eigenvalue weighted by Gasteiger charge is 2.34. The lowest BCUT2D eigenvalue weighted by molar-refractivity contribution is -0.179. The molecule has 0 aliphatic rings. The van der Waals surface area contributed by atoms with Crippen molar-refractivity contribution in [2.45, 2.75) is 85.0 Å². The summed E-state index contributed by atoms with van der Waals surface area (Å²) >= 11 is 5.96. The third-order valence-corrected chi connectivity index (χ3v) is 8.60. The number of nitrogens with one attached hydrogen (secondary N) is 3. The fourth-order valence-corrected chi connectivity index (χ4v) is 6.00. The first-order valence-corrected chi connectivity index (χ1v) is 18.6. The van der Waals surface area contributed by atoms with E-state index in [0.29, 0.717) is 24.0 Å². The zero-order valence-corrected chi connectivity index (χ0v) is 33.0. The van der Waals surface area contributed by atoms with Gasteiger partial charge in [-0.3, -0.25) is 20.0 Å². The number of nitrogens with zero attached hydrogens (tertiary/aromatic N) is 3. The zero-order valence-electron chi connectivity index (χ0n) is 32.2. The summed E-state index contributed by atoms with van der Waals surface area (Å²) in [6.07, 6.45) is 1.19. The number of hydrazine groups is 1. The van der Waals surface area contributed by atoms with Gasteiger partial charge >= 0.3 is 6.03 Å². The topological polar surface area (TPSA) is 134 Å². The van der Waals surface area contributed by atoms with Crippen LogP contribution in [0.4, 0.5) is 4.79 Å². The molecule has 12 nitrogen and oxygen atoms in total. The predicted molar refractivity (Wildman–Crippen MR) is 211 cm³/mol. The minimum Gasteiger partial charge on any atom is -0.488 e. The number of benzene rings is 3. The molecule has 0 saturated carbocycles. The monoisotopic (exact) mass is 760 g/mol. The van der Waals surface area contributed by atoms with Crippen LogP contribution in [-0.2, 0) is 38.6 Å². The summed E-state index contributed by atoms with van der Waals surface area (Å²) in [6.45, 7) is 12.5. The van der Waals surface area contributed by atoms with E-state index in [-0.39, 0.29) is 37.6 Å². The molecule has 290 valence electrons. The normalized spacial score (nSPS) is 12.7. The molecule has 0 bridgehead atoms. The number of amides is 4. The highest BCUT2D eigenvalue weighted by molar-refractivity contribution is 6.30. The SMILES string of the molecule is CCOC(OCC)[C@H](C)N(Cc1cccc2cccnc12)C(=O)[C@H](Cc1ccc(OC(C)(C)C)cc1)NC(=O)CN(C)NC(=O)NCc1ccc(Cl)cc1. The Bertz CT molecular complexity index is 1810. The number of aromatic nitrogens is 1. The minimum atomic E-state index is -0.992. The van der Waals surface area contributed by atoms with Crippen LogP contribution in [0.1, 0.15) is 58.2 Å². The highest BCUT2D eigenvalue weighted by atomic mass is 35.5. The van der Waals surface area contributed by atoms with Gasteiger partial charge in [-0.1, -0.05) is 60.1 Å². The van der Waals surface area contributed by atoms with Crippen molar-refractivity contribution < 1.29 is 28.6 Å². The van der Waals surface area contributed by atoms with E-state index in [2.05, 4.69) is 21.0 Å². The van der Waals surface area contributed by atoms with Crippen molar-refractivity contribution in [3.8, 4) is 5.75 Å². The van der Waals surface area contributed by atoms with Gasteiger partial charge in [0, 0.05) is 56.4 Å². The third-order valence-electron chi connectivity index (χ3n) is 8.35. The van der Waals surface area contributed by atoms with Crippen LogP contribution in [0.5, 0.6) is 5.75 Å². The number of halogens is 1. The molecule has 13 heteroatoms. The zero-order chi connectivity index (χ0) is 39.3. The molecule has 2 atom stereocenters. The lowest BCUT2D eigenvalue weighted by Gasteiger charge is -2.37. The van der Waals surface area contributed by atoms with Gasteiger partial charge in [0.25, 0.3) is 0 Å². The van der Waals surface area contributed by atoms with Crippen LogP contribution < -0.4 is 20.8 Å². The number of urea groups is 1. The summed E-state index contributed by atoms with van der Waals surface area (Å²) in [5.74, 6) is -0.109. The molecule has 4 aromatic rings. The number of fused-ring (bicyclic) bond motifs is 1. The van der Waals surface area contributed by atoms with E-state index < -0.39 is 30.3 Å². The van der Waals surface area contributed by atoms with Crippen LogP contribution in [0.2, 0.25) is 5.02 Å². The average molecular weight is 761 g/mol. The predicted octanol–water partition coefficient (Wildman–Crippen LogP) is 6.26. The lowest BCUT2D eigenvalue weighted by Crippen LogP contribution is -2.56. The van der Waals surface area contributed by atoms with Gasteiger partial charge in [-0.2, -0.15) is 0 Å². The van der Waals surface area contributed by atoms with Gasteiger partial charge in [0.05, 0.1) is 18.1 Å². The lowest BCUT2D eigenvalue weighted by atomic mass is 10.0. The number of rotatable bonds is 18. The molecule has 3 N–H and O–H groups in total. The van der Waals surface area contributed by atoms with Gasteiger partial charge in [-0.15, -0.1) is 0 Å². The first-order chi connectivity index (χ1) is 25.8. The summed E-state index contributed by atoms with van der Waals surface area (Å²) < 4.78 is 18.0. The van der Waals surface area contributed by atoms with Crippen molar-refractivity contribution in [1.82, 2.24) is 31.0 Å². The summed E-state index contributed by atoms with van der Waals surface area (Å²) in [4.78, 5) is 47.5. The van der Waals surface area contributed by atoms with Crippen LogP contribution in [0.15, 0.2) is 85.1 Å². The summed E-state index contributed by atoms with van der Waals surface area (Å²) in [5, 5.41) is 8.62. The van der Waals surface area contributed by atoms with E-state index in [1.165, 1.54) is 5.01 Å². The van der Waals surface area contributed by atoms with Gasteiger partial charge in [0.2, 0.25) is 11.8 Å². The molecule has 1 aromatic heterocycles. The molecule has 4 amide bonds. The molecule has 0 fully saturated rings. The second kappa shape index (κ2) is 20.1. The number of ether oxygens (including phenoxy) is 3. The van der Waals surface area contributed by atoms with Crippen LogP contribution in [-0.4, -0.2) is 83.5 Å². The van der Waals surface area contributed by atoms with Crippen LogP contribution in [0, 0.1) is 0 Å². The van der Waals surface area contributed by atoms with Gasteiger partial charge in [-0.25, -0.2) is 9.80 Å². The van der Waals surface area contributed by atoms with E-state index in [4.69, 9.17) is 25.8 Å². The Morgan fingerprint density at radius 2 is 1.54 bits per heavy atom. The standard InChI is InChI=1S/C41H53ClN6O6/c1-8-52-39(53-9-2)28(3)48(26-32-13-10-12-31-14-11-23-43-37(31)32)38(50)35(24-29-17-21-34(22-18-29)54-41(4,5)6)45-36(49)27-47(7)46-40(51)44-25-30-15-19-33(42)20-16-30/h10-23,28,35,39H,8-9,24-27H2,1-7H3,(H,45,49)(H2,44,46,51)/t28-,35-/m0/s1. The van der Waals surface area contributed by atoms with Crippen LogP contribution in [0.25, 0.3) is 10.9 Å². The van der Waals surface area contributed by atoms with E-state index in [1.54, 1.807) is 30.3 Å². The number of para-hydroxylation sites is 1. The quantitative estimate of drug-likeness (QED) is 0.0801. The molecule has 0 radical (unpaired) electrons. The van der Waals surface area contributed by atoms with E-state index in [9.17, 15) is 14.4 Å². The van der Waals surface area contributed by atoms with Crippen molar-refractivity contribution in [2.75, 3.05) is 26.8 Å². The average Bonchev–Trinajstić information content (AvgIpc) is 3.13. The molecule has 0 saturated heterocycles. The fourth-order valence-electron chi connectivity index (χ4n) is 5.88. The molecule has 0 aliphatic carbocycles. The first-order valence-electron chi connectivity index (χ1n) is 18.2. The molecular formula is C41H53ClN6O6. The van der Waals surface area contributed by atoms with Gasteiger partial charge < -0.3 is 29.7 Å². The minimum absolute atomic E-state index is 0.185. The first kappa shape index (κ1) is 42.0. The van der Waals surface area contributed by atoms with Crippen molar-refractivity contribution in [3.05, 3.63) is 107 Å². The third kappa shape index (κ3) is 13.0. The number of hydrogen-bond donors (Lipinski definition) is 3. The van der Waals surface area contributed by atoms with Crippen molar-refractivity contribution >= 4 is 40.3 Å². The molecule has 0 spiro atoms.